The van der Waals surface area contributed by atoms with Gasteiger partial charge in [0.25, 0.3) is 0 Å². The van der Waals surface area contributed by atoms with Gasteiger partial charge in [0.05, 0.1) is 19.3 Å². The molecule has 0 saturated carbocycles. The van der Waals surface area contributed by atoms with Crippen LogP contribution in [0.3, 0.4) is 0 Å². The summed E-state index contributed by atoms with van der Waals surface area (Å²) in [6.07, 6.45) is 19.4. The summed E-state index contributed by atoms with van der Waals surface area (Å²) in [4.78, 5) is 10.9. The maximum Gasteiger partial charge on any atom is 0.305 e. The van der Waals surface area contributed by atoms with Gasteiger partial charge in [-0.3, -0.25) is 4.79 Å². The molecule has 1 aliphatic heterocycles. The quantitative estimate of drug-likeness (QED) is 0.192. The summed E-state index contributed by atoms with van der Waals surface area (Å²) in [6, 6.07) is 0. The minimum atomic E-state index is -0.0861. The molecule has 1 rings (SSSR count). The third kappa shape index (κ3) is 9.99. The molecule has 0 aromatic rings. The number of rotatable bonds is 14. The second-order valence-corrected chi connectivity index (χ2v) is 6.30. The number of carbonyl (C=O) groups is 1. The number of unbranched alkanes of at least 4 members (excludes halogenated alkanes) is 7. The van der Waals surface area contributed by atoms with E-state index >= 15 is 0 Å². The lowest BCUT2D eigenvalue weighted by Gasteiger charge is -2.00. The van der Waals surface area contributed by atoms with E-state index in [9.17, 15) is 4.79 Å². The van der Waals surface area contributed by atoms with Crippen LogP contribution in [0.15, 0.2) is 12.2 Å². The lowest BCUT2D eigenvalue weighted by atomic mass is 10.1. The Kier molecular flexibility index (Phi) is 11.1. The number of epoxide rings is 1. The average molecular weight is 310 g/mol. The Hall–Kier alpha value is -0.830. The van der Waals surface area contributed by atoms with Crippen molar-refractivity contribution in [2.24, 2.45) is 0 Å². The summed E-state index contributed by atoms with van der Waals surface area (Å²) in [6.45, 7) is 2.24. The van der Waals surface area contributed by atoms with E-state index in [2.05, 4.69) is 23.8 Å². The summed E-state index contributed by atoms with van der Waals surface area (Å²) in [5.41, 5.74) is 0. The van der Waals surface area contributed by atoms with Crippen LogP contribution in [-0.4, -0.2) is 25.3 Å². The Morgan fingerprint density at radius 1 is 1.00 bits per heavy atom. The van der Waals surface area contributed by atoms with Crippen molar-refractivity contribution in [3.63, 3.8) is 0 Å². The van der Waals surface area contributed by atoms with Gasteiger partial charge in [0.15, 0.2) is 0 Å². The van der Waals surface area contributed by atoms with Crippen LogP contribution in [0.4, 0.5) is 0 Å². The van der Waals surface area contributed by atoms with Crippen LogP contribution in [0.25, 0.3) is 0 Å². The third-order valence-electron chi connectivity index (χ3n) is 4.29. The number of allylic oxidation sites excluding steroid dienone is 1. The first-order valence-electron chi connectivity index (χ1n) is 9.15. The van der Waals surface area contributed by atoms with Crippen molar-refractivity contribution >= 4 is 5.97 Å². The van der Waals surface area contributed by atoms with Crippen molar-refractivity contribution in [1.82, 2.24) is 0 Å². The molecule has 128 valence electrons. The first kappa shape index (κ1) is 19.2. The lowest BCUT2D eigenvalue weighted by molar-refractivity contribution is -0.140. The molecule has 0 aromatic heterocycles. The van der Waals surface area contributed by atoms with Crippen molar-refractivity contribution in [1.29, 1.82) is 0 Å². The average Bonchev–Trinajstić information content (AvgIpc) is 3.28. The molecule has 0 amide bonds. The zero-order chi connectivity index (χ0) is 16.0. The Balaban J connectivity index is 1.83. The van der Waals surface area contributed by atoms with Crippen LogP contribution in [0.2, 0.25) is 0 Å². The second kappa shape index (κ2) is 12.7. The Labute approximate surface area is 136 Å². The molecule has 0 N–H and O–H groups in total. The van der Waals surface area contributed by atoms with Gasteiger partial charge in [0.2, 0.25) is 0 Å². The maximum absolute atomic E-state index is 10.9. The van der Waals surface area contributed by atoms with Crippen LogP contribution in [0, 0.1) is 0 Å². The highest BCUT2D eigenvalue weighted by Gasteiger charge is 2.36. The summed E-state index contributed by atoms with van der Waals surface area (Å²) in [5, 5.41) is 0. The molecule has 1 heterocycles. The zero-order valence-corrected chi connectivity index (χ0v) is 14.5. The predicted molar refractivity (Wildman–Crippen MR) is 90.9 cm³/mol. The van der Waals surface area contributed by atoms with Gasteiger partial charge in [-0.1, -0.05) is 57.6 Å². The molecular weight excluding hydrogens is 276 g/mol. The molecule has 0 unspecified atom stereocenters. The predicted octanol–water partition coefficient (Wildman–Crippen LogP) is 5.18. The van der Waals surface area contributed by atoms with Crippen LogP contribution < -0.4 is 0 Å². The lowest BCUT2D eigenvalue weighted by Crippen LogP contribution is -1.99. The van der Waals surface area contributed by atoms with E-state index in [4.69, 9.17) is 4.74 Å². The van der Waals surface area contributed by atoms with Gasteiger partial charge < -0.3 is 9.47 Å². The summed E-state index contributed by atoms with van der Waals surface area (Å²) >= 11 is 0. The van der Waals surface area contributed by atoms with Crippen molar-refractivity contribution < 1.29 is 14.3 Å². The fourth-order valence-electron chi connectivity index (χ4n) is 2.75. The molecule has 22 heavy (non-hydrogen) atoms. The molecule has 2 atom stereocenters. The van der Waals surface area contributed by atoms with Gasteiger partial charge in [-0.05, 0) is 32.1 Å². The number of ether oxygens (including phenoxy) is 2. The van der Waals surface area contributed by atoms with Crippen LogP contribution in [0.1, 0.15) is 84.0 Å². The Bertz CT molecular complexity index is 312. The molecule has 0 aromatic carbocycles. The van der Waals surface area contributed by atoms with Gasteiger partial charge in [-0.25, -0.2) is 0 Å². The maximum atomic E-state index is 10.9. The van der Waals surface area contributed by atoms with Crippen molar-refractivity contribution in [2.75, 3.05) is 7.11 Å². The fourth-order valence-corrected chi connectivity index (χ4v) is 2.75. The molecule has 0 spiro atoms. The molecule has 3 nitrogen and oxygen atoms in total. The van der Waals surface area contributed by atoms with E-state index in [1.165, 1.54) is 58.5 Å². The van der Waals surface area contributed by atoms with Gasteiger partial charge in [0, 0.05) is 6.42 Å². The fraction of sp³-hybridized carbons (Fsp3) is 0.842. The summed E-state index contributed by atoms with van der Waals surface area (Å²) in [5.74, 6) is -0.0861. The van der Waals surface area contributed by atoms with Crippen molar-refractivity contribution in [2.45, 2.75) is 96.2 Å². The van der Waals surface area contributed by atoms with Crippen molar-refractivity contribution in [3.8, 4) is 0 Å². The van der Waals surface area contributed by atoms with Gasteiger partial charge >= 0.3 is 5.97 Å². The molecule has 1 saturated heterocycles. The zero-order valence-electron chi connectivity index (χ0n) is 14.5. The first-order chi connectivity index (χ1) is 10.8. The molecule has 0 bridgehead atoms. The number of hydrogen-bond acceptors (Lipinski definition) is 3. The molecule has 1 aliphatic rings. The van der Waals surface area contributed by atoms with Crippen molar-refractivity contribution in [3.05, 3.63) is 12.2 Å². The molecule has 3 heteroatoms. The molecular formula is C19H34O3. The van der Waals surface area contributed by atoms with E-state index in [1.54, 1.807) is 0 Å². The number of carbonyl (C=O) groups excluding carboxylic acids is 1. The standard InChI is InChI=1S/C19H34O3/c1-3-4-5-6-8-11-14-17-18(22-17)15-12-9-7-10-13-16-19(20)21-2/h8,11,17-18H,3-7,9-10,12-16H2,1-2H3/b11-8-/t17-,18+/m1/s1. The van der Waals surface area contributed by atoms with E-state index in [-0.39, 0.29) is 5.97 Å². The minimum Gasteiger partial charge on any atom is -0.469 e. The Morgan fingerprint density at radius 3 is 2.55 bits per heavy atom. The van der Waals surface area contributed by atoms with Gasteiger partial charge in [-0.15, -0.1) is 0 Å². The summed E-state index contributed by atoms with van der Waals surface area (Å²) < 4.78 is 10.3. The van der Waals surface area contributed by atoms with E-state index < -0.39 is 0 Å². The highest BCUT2D eigenvalue weighted by atomic mass is 16.6. The van der Waals surface area contributed by atoms with E-state index in [0.29, 0.717) is 18.6 Å². The highest BCUT2D eigenvalue weighted by molar-refractivity contribution is 5.68. The SMILES string of the molecule is CCCCC/C=C\C[C@H]1O[C@H]1CCCCCCCC(=O)OC. The van der Waals surface area contributed by atoms with E-state index in [1.807, 2.05) is 0 Å². The molecule has 0 radical (unpaired) electrons. The van der Waals surface area contributed by atoms with E-state index in [0.717, 1.165) is 19.3 Å². The molecule has 0 aliphatic carbocycles. The number of hydrogen-bond donors (Lipinski definition) is 0. The largest absolute Gasteiger partial charge is 0.469 e. The van der Waals surface area contributed by atoms with Crippen LogP contribution in [0.5, 0.6) is 0 Å². The van der Waals surface area contributed by atoms with Crippen LogP contribution >= 0.6 is 0 Å². The number of methoxy groups -OCH3 is 1. The second-order valence-electron chi connectivity index (χ2n) is 6.30. The highest BCUT2D eigenvalue weighted by Crippen LogP contribution is 2.30. The normalized spacial score (nSPS) is 20.5. The minimum absolute atomic E-state index is 0.0861. The van der Waals surface area contributed by atoms with Gasteiger partial charge in [0.1, 0.15) is 0 Å². The first-order valence-corrected chi connectivity index (χ1v) is 9.15. The van der Waals surface area contributed by atoms with Gasteiger partial charge in [-0.2, -0.15) is 0 Å². The number of esters is 1. The van der Waals surface area contributed by atoms with Crippen LogP contribution in [-0.2, 0) is 14.3 Å². The topological polar surface area (TPSA) is 38.8 Å². The Morgan fingerprint density at radius 2 is 1.77 bits per heavy atom. The molecule has 1 fully saturated rings. The third-order valence-corrected chi connectivity index (χ3v) is 4.29. The summed E-state index contributed by atoms with van der Waals surface area (Å²) in [7, 11) is 1.45. The monoisotopic (exact) mass is 310 g/mol. The smallest absolute Gasteiger partial charge is 0.305 e.